The van der Waals surface area contributed by atoms with Gasteiger partial charge in [0.2, 0.25) is 0 Å². The summed E-state index contributed by atoms with van der Waals surface area (Å²) >= 11 is 1.25. The minimum Gasteiger partial charge on any atom is -0.368 e. The summed E-state index contributed by atoms with van der Waals surface area (Å²) in [5, 5.41) is 1.84. The van der Waals surface area contributed by atoms with Crippen molar-refractivity contribution in [3.8, 4) is 0 Å². The van der Waals surface area contributed by atoms with Gasteiger partial charge in [-0.15, -0.1) is 11.3 Å². The fourth-order valence-electron chi connectivity index (χ4n) is 2.79. The van der Waals surface area contributed by atoms with Crippen molar-refractivity contribution < 1.29 is 17.9 Å². The molecule has 1 amide bonds. The Morgan fingerprint density at radius 3 is 2.59 bits per heavy atom. The van der Waals surface area contributed by atoms with Crippen LogP contribution in [0.5, 0.6) is 0 Å². The zero-order valence-electron chi connectivity index (χ0n) is 12.5. The number of thiophene rings is 1. The number of hydrogen-bond donors (Lipinski definition) is 0. The molecule has 22 heavy (non-hydrogen) atoms. The van der Waals surface area contributed by atoms with Gasteiger partial charge in [0.25, 0.3) is 15.9 Å². The number of sulfonamides is 1. The largest absolute Gasteiger partial charge is 0.368 e. The van der Waals surface area contributed by atoms with Gasteiger partial charge in [0.1, 0.15) is 10.3 Å². The van der Waals surface area contributed by atoms with Crippen molar-refractivity contribution in [2.24, 2.45) is 0 Å². The predicted octanol–water partition coefficient (Wildman–Crippen LogP) is 1.07. The summed E-state index contributed by atoms with van der Waals surface area (Å²) in [6, 6.07) is 1.70. The van der Waals surface area contributed by atoms with E-state index in [1.807, 2.05) is 12.3 Å². The normalized spacial score (nSPS) is 23.9. The molecule has 2 fully saturated rings. The number of amides is 1. The molecule has 1 atom stereocenters. The van der Waals surface area contributed by atoms with Crippen LogP contribution in [0.1, 0.15) is 18.4 Å². The number of hydrogen-bond acceptors (Lipinski definition) is 5. The minimum absolute atomic E-state index is 0.00140. The standard InChI is InChI=1S/C14H20N2O4S2/c1-11-9-13(21-10-11)22(18,19)16-6-4-15(5-7-16)14(17)12-3-2-8-20-12/h9-10,12H,2-8H2,1H3. The van der Waals surface area contributed by atoms with Gasteiger partial charge in [0.15, 0.2) is 0 Å². The third-order valence-corrected chi connectivity index (χ3v) is 7.49. The molecule has 2 saturated heterocycles. The smallest absolute Gasteiger partial charge is 0.252 e. The SMILES string of the molecule is Cc1csc(S(=O)(=O)N2CCN(C(=O)C3CCCO3)CC2)c1. The van der Waals surface area contributed by atoms with Gasteiger partial charge >= 0.3 is 0 Å². The molecule has 2 aliphatic heterocycles. The Bertz CT molecular complexity index is 642. The van der Waals surface area contributed by atoms with E-state index < -0.39 is 10.0 Å². The van der Waals surface area contributed by atoms with Gasteiger partial charge in [0, 0.05) is 32.8 Å². The van der Waals surface area contributed by atoms with Crippen molar-refractivity contribution in [3.63, 3.8) is 0 Å². The second kappa shape index (κ2) is 6.27. The number of piperazine rings is 1. The highest BCUT2D eigenvalue weighted by Gasteiger charge is 2.34. The lowest BCUT2D eigenvalue weighted by molar-refractivity contribution is -0.142. The van der Waals surface area contributed by atoms with Gasteiger partial charge in [-0.05, 0) is 36.8 Å². The summed E-state index contributed by atoms with van der Waals surface area (Å²) in [6.45, 7) is 4.08. The van der Waals surface area contributed by atoms with E-state index in [1.165, 1.54) is 15.6 Å². The molecule has 0 radical (unpaired) electrons. The molecule has 0 aliphatic carbocycles. The van der Waals surface area contributed by atoms with Gasteiger partial charge < -0.3 is 9.64 Å². The van der Waals surface area contributed by atoms with E-state index in [1.54, 1.807) is 11.0 Å². The van der Waals surface area contributed by atoms with Crippen molar-refractivity contribution in [1.82, 2.24) is 9.21 Å². The Labute approximate surface area is 134 Å². The van der Waals surface area contributed by atoms with Crippen molar-refractivity contribution in [1.29, 1.82) is 0 Å². The van der Waals surface area contributed by atoms with Crippen LogP contribution in [-0.2, 0) is 19.6 Å². The van der Waals surface area contributed by atoms with E-state index in [0.717, 1.165) is 18.4 Å². The maximum Gasteiger partial charge on any atom is 0.252 e. The van der Waals surface area contributed by atoms with E-state index in [-0.39, 0.29) is 12.0 Å². The van der Waals surface area contributed by atoms with Crippen LogP contribution in [0.3, 0.4) is 0 Å². The summed E-state index contributed by atoms with van der Waals surface area (Å²) in [7, 11) is -3.43. The first-order valence-corrected chi connectivity index (χ1v) is 9.76. The summed E-state index contributed by atoms with van der Waals surface area (Å²) in [5.74, 6) is 0.00140. The van der Waals surface area contributed by atoms with Crippen molar-refractivity contribution >= 4 is 27.3 Å². The molecule has 0 aromatic carbocycles. The van der Waals surface area contributed by atoms with Crippen LogP contribution in [0.25, 0.3) is 0 Å². The highest BCUT2D eigenvalue weighted by Crippen LogP contribution is 2.25. The Kier molecular flexibility index (Phi) is 4.54. The summed E-state index contributed by atoms with van der Waals surface area (Å²) in [4.78, 5) is 14.0. The van der Waals surface area contributed by atoms with Crippen LogP contribution in [0.15, 0.2) is 15.7 Å². The predicted molar refractivity (Wildman–Crippen MR) is 83.4 cm³/mol. The first-order chi connectivity index (χ1) is 10.5. The third kappa shape index (κ3) is 3.05. The number of nitrogens with zero attached hydrogens (tertiary/aromatic N) is 2. The average Bonchev–Trinajstić information content (AvgIpc) is 3.18. The molecule has 8 heteroatoms. The van der Waals surface area contributed by atoms with Crippen LogP contribution >= 0.6 is 11.3 Å². The third-order valence-electron chi connectivity index (χ3n) is 4.06. The zero-order chi connectivity index (χ0) is 15.7. The van der Waals surface area contributed by atoms with E-state index in [0.29, 0.717) is 37.0 Å². The number of aryl methyl sites for hydroxylation is 1. The Hall–Kier alpha value is -0.960. The molecule has 0 bridgehead atoms. The highest BCUT2D eigenvalue weighted by atomic mass is 32.2. The van der Waals surface area contributed by atoms with Gasteiger partial charge in [-0.2, -0.15) is 4.31 Å². The molecular formula is C14H20N2O4S2. The van der Waals surface area contributed by atoms with Gasteiger partial charge in [-0.25, -0.2) is 8.42 Å². The first-order valence-electron chi connectivity index (χ1n) is 7.44. The van der Waals surface area contributed by atoms with Crippen molar-refractivity contribution in [2.75, 3.05) is 32.8 Å². The lowest BCUT2D eigenvalue weighted by Gasteiger charge is -2.34. The van der Waals surface area contributed by atoms with Crippen LogP contribution < -0.4 is 0 Å². The molecule has 2 aliphatic rings. The van der Waals surface area contributed by atoms with Gasteiger partial charge in [-0.1, -0.05) is 0 Å². The molecule has 3 heterocycles. The molecular weight excluding hydrogens is 324 g/mol. The molecule has 0 saturated carbocycles. The van der Waals surface area contributed by atoms with Crippen molar-refractivity contribution in [2.45, 2.75) is 30.1 Å². The van der Waals surface area contributed by atoms with E-state index in [2.05, 4.69) is 0 Å². The molecule has 122 valence electrons. The summed E-state index contributed by atoms with van der Waals surface area (Å²) in [6.07, 6.45) is 1.36. The molecule has 3 rings (SSSR count). The molecule has 6 nitrogen and oxygen atoms in total. The highest BCUT2D eigenvalue weighted by molar-refractivity contribution is 7.91. The summed E-state index contributed by atoms with van der Waals surface area (Å²) in [5.41, 5.74) is 0.954. The maximum atomic E-state index is 12.5. The Morgan fingerprint density at radius 1 is 1.32 bits per heavy atom. The molecule has 0 spiro atoms. The van der Waals surface area contributed by atoms with Crippen LogP contribution in [0.2, 0.25) is 0 Å². The number of ether oxygens (including phenoxy) is 1. The van der Waals surface area contributed by atoms with Crippen LogP contribution in [0, 0.1) is 6.92 Å². The lowest BCUT2D eigenvalue weighted by atomic mass is 10.2. The van der Waals surface area contributed by atoms with E-state index >= 15 is 0 Å². The topological polar surface area (TPSA) is 66.9 Å². The average molecular weight is 344 g/mol. The van der Waals surface area contributed by atoms with Gasteiger partial charge in [0.05, 0.1) is 0 Å². The van der Waals surface area contributed by atoms with E-state index in [9.17, 15) is 13.2 Å². The Balaban J connectivity index is 1.63. The lowest BCUT2D eigenvalue weighted by Crippen LogP contribution is -2.52. The number of rotatable bonds is 3. The number of carbonyl (C=O) groups excluding carboxylic acids is 1. The quantitative estimate of drug-likeness (QED) is 0.823. The summed E-state index contributed by atoms with van der Waals surface area (Å²) < 4.78 is 32.3. The van der Waals surface area contributed by atoms with Gasteiger partial charge in [-0.3, -0.25) is 4.79 Å². The molecule has 1 aromatic rings. The molecule has 1 unspecified atom stereocenters. The number of carbonyl (C=O) groups is 1. The maximum absolute atomic E-state index is 12.5. The van der Waals surface area contributed by atoms with Crippen LogP contribution in [0.4, 0.5) is 0 Å². The molecule has 0 N–H and O–H groups in total. The Morgan fingerprint density at radius 2 is 2.05 bits per heavy atom. The van der Waals surface area contributed by atoms with E-state index in [4.69, 9.17) is 4.74 Å². The van der Waals surface area contributed by atoms with Crippen molar-refractivity contribution in [3.05, 3.63) is 17.0 Å². The second-order valence-corrected chi connectivity index (χ2v) is 8.75. The fourth-order valence-corrected chi connectivity index (χ4v) is 5.60. The monoisotopic (exact) mass is 344 g/mol. The molecule has 1 aromatic heterocycles. The minimum atomic E-state index is -3.43. The second-order valence-electron chi connectivity index (χ2n) is 5.67. The van der Waals surface area contributed by atoms with Crippen LogP contribution in [-0.4, -0.2) is 62.4 Å². The first kappa shape index (κ1) is 15.9. The fraction of sp³-hybridized carbons (Fsp3) is 0.643. The zero-order valence-corrected chi connectivity index (χ0v) is 14.2.